The average molecular weight is 360 g/mol. The van der Waals surface area contributed by atoms with Crippen molar-refractivity contribution < 1.29 is 9.53 Å². The van der Waals surface area contributed by atoms with Crippen LogP contribution >= 0.6 is 0 Å². The van der Waals surface area contributed by atoms with Crippen LogP contribution in [-0.4, -0.2) is 27.6 Å². The van der Waals surface area contributed by atoms with Gasteiger partial charge in [0.25, 0.3) is 0 Å². The van der Waals surface area contributed by atoms with Crippen molar-refractivity contribution in [1.29, 1.82) is 0 Å². The standard InChI is InChI=1S/C21H33N3O2/c1-2-3-4-5-6-7-8-9-10-13-18-26-21(25)16-17-24-20-15-12-11-14-19(20)22-23-24/h11-12,14-15H,2-10,13,16-18H2,1H3. The zero-order chi connectivity index (χ0) is 18.5. The lowest BCUT2D eigenvalue weighted by atomic mass is 10.1. The summed E-state index contributed by atoms with van der Waals surface area (Å²) < 4.78 is 7.08. The van der Waals surface area contributed by atoms with Crippen molar-refractivity contribution in [2.24, 2.45) is 0 Å². The molecule has 0 saturated carbocycles. The summed E-state index contributed by atoms with van der Waals surface area (Å²) in [4.78, 5) is 11.9. The number of hydrogen-bond donors (Lipinski definition) is 0. The lowest BCUT2D eigenvalue weighted by Gasteiger charge is -2.06. The fourth-order valence-electron chi connectivity index (χ4n) is 3.13. The molecule has 0 amide bonds. The summed E-state index contributed by atoms with van der Waals surface area (Å²) >= 11 is 0. The summed E-state index contributed by atoms with van der Waals surface area (Å²) in [5.74, 6) is -0.152. The molecule has 0 bridgehead atoms. The SMILES string of the molecule is CCCCCCCCCCCCOC(=O)CCn1nnc2ccccc21. The third-order valence-electron chi connectivity index (χ3n) is 4.71. The summed E-state index contributed by atoms with van der Waals surface area (Å²) in [5.41, 5.74) is 1.81. The van der Waals surface area contributed by atoms with Crippen LogP contribution < -0.4 is 0 Å². The third-order valence-corrected chi connectivity index (χ3v) is 4.71. The van der Waals surface area contributed by atoms with E-state index in [0.29, 0.717) is 19.6 Å². The fraction of sp³-hybridized carbons (Fsp3) is 0.667. The number of carbonyl (C=O) groups is 1. The van der Waals surface area contributed by atoms with Gasteiger partial charge < -0.3 is 4.74 Å². The third kappa shape index (κ3) is 7.54. The van der Waals surface area contributed by atoms with Gasteiger partial charge in [-0.25, -0.2) is 4.68 Å². The van der Waals surface area contributed by atoms with Crippen LogP contribution in [0, 0.1) is 0 Å². The number of fused-ring (bicyclic) bond motifs is 1. The summed E-state index contributed by atoms with van der Waals surface area (Å²) in [7, 11) is 0. The van der Waals surface area contributed by atoms with E-state index in [2.05, 4.69) is 17.2 Å². The number of benzene rings is 1. The molecular weight excluding hydrogens is 326 g/mol. The summed E-state index contributed by atoms with van der Waals surface area (Å²) in [5, 5.41) is 8.18. The summed E-state index contributed by atoms with van der Waals surface area (Å²) in [6.07, 6.45) is 13.2. The molecule has 0 aliphatic heterocycles. The first kappa shape index (κ1) is 20.4. The molecule has 2 aromatic rings. The molecule has 0 saturated heterocycles. The van der Waals surface area contributed by atoms with Crippen LogP contribution in [-0.2, 0) is 16.1 Å². The molecule has 144 valence electrons. The number of carbonyl (C=O) groups excluding carboxylic acids is 1. The number of nitrogens with zero attached hydrogens (tertiary/aromatic N) is 3. The second kappa shape index (κ2) is 12.4. The van der Waals surface area contributed by atoms with Gasteiger partial charge in [-0.2, -0.15) is 0 Å². The Labute approximate surface area is 157 Å². The Bertz CT molecular complexity index is 639. The van der Waals surface area contributed by atoms with E-state index in [1.807, 2.05) is 24.3 Å². The van der Waals surface area contributed by atoms with Gasteiger partial charge in [-0.3, -0.25) is 4.79 Å². The molecule has 1 aromatic carbocycles. The van der Waals surface area contributed by atoms with Gasteiger partial charge in [0.15, 0.2) is 0 Å². The molecule has 1 heterocycles. The van der Waals surface area contributed by atoms with E-state index in [4.69, 9.17) is 4.74 Å². The molecule has 0 atom stereocenters. The number of rotatable bonds is 14. The van der Waals surface area contributed by atoms with Gasteiger partial charge >= 0.3 is 5.97 Å². The number of para-hydroxylation sites is 1. The van der Waals surface area contributed by atoms with E-state index in [1.165, 1.54) is 51.4 Å². The fourth-order valence-corrected chi connectivity index (χ4v) is 3.13. The van der Waals surface area contributed by atoms with Crippen molar-refractivity contribution in [3.8, 4) is 0 Å². The molecule has 0 aliphatic rings. The quantitative estimate of drug-likeness (QED) is 0.340. The van der Waals surface area contributed by atoms with Crippen molar-refractivity contribution in [3.05, 3.63) is 24.3 Å². The van der Waals surface area contributed by atoms with E-state index < -0.39 is 0 Å². The largest absolute Gasteiger partial charge is 0.466 e. The van der Waals surface area contributed by atoms with Crippen molar-refractivity contribution in [2.45, 2.75) is 84.1 Å². The normalized spacial score (nSPS) is 11.1. The summed E-state index contributed by atoms with van der Waals surface area (Å²) in [6.45, 7) is 3.30. The van der Waals surface area contributed by atoms with Crippen molar-refractivity contribution in [3.63, 3.8) is 0 Å². The molecule has 1 aromatic heterocycles. The van der Waals surface area contributed by atoms with Crippen molar-refractivity contribution >= 4 is 17.0 Å². The first-order valence-electron chi connectivity index (χ1n) is 10.2. The maximum absolute atomic E-state index is 11.9. The Morgan fingerprint density at radius 3 is 2.35 bits per heavy atom. The van der Waals surface area contributed by atoms with Gasteiger partial charge in [-0.05, 0) is 18.6 Å². The Morgan fingerprint density at radius 1 is 0.962 bits per heavy atom. The lowest BCUT2D eigenvalue weighted by molar-refractivity contribution is -0.144. The zero-order valence-corrected chi connectivity index (χ0v) is 16.2. The Morgan fingerprint density at radius 2 is 1.62 bits per heavy atom. The van der Waals surface area contributed by atoms with E-state index in [-0.39, 0.29) is 5.97 Å². The van der Waals surface area contributed by atoms with Crippen LogP contribution in [0.3, 0.4) is 0 Å². The van der Waals surface area contributed by atoms with Gasteiger partial charge in [0.2, 0.25) is 0 Å². The Balaban J connectivity index is 1.46. The molecule has 0 unspecified atom stereocenters. The molecule has 5 nitrogen and oxygen atoms in total. The van der Waals surface area contributed by atoms with Crippen LogP contribution in [0.5, 0.6) is 0 Å². The Hall–Kier alpha value is -1.91. The highest BCUT2D eigenvalue weighted by Gasteiger charge is 2.07. The highest BCUT2D eigenvalue weighted by molar-refractivity contribution is 5.74. The zero-order valence-electron chi connectivity index (χ0n) is 16.2. The van der Waals surface area contributed by atoms with Crippen LogP contribution in [0.1, 0.15) is 77.6 Å². The minimum Gasteiger partial charge on any atom is -0.466 e. The summed E-state index contributed by atoms with van der Waals surface area (Å²) in [6, 6.07) is 7.76. The lowest BCUT2D eigenvalue weighted by Crippen LogP contribution is -2.11. The molecular formula is C21H33N3O2. The smallest absolute Gasteiger partial charge is 0.307 e. The number of hydrogen-bond acceptors (Lipinski definition) is 4. The number of unbranched alkanes of at least 4 members (excludes halogenated alkanes) is 9. The average Bonchev–Trinajstić information content (AvgIpc) is 3.07. The monoisotopic (exact) mass is 359 g/mol. The Kier molecular flexibility index (Phi) is 9.77. The van der Waals surface area contributed by atoms with E-state index in [1.54, 1.807) is 4.68 Å². The van der Waals surface area contributed by atoms with Gasteiger partial charge in [-0.1, -0.05) is 82.1 Å². The maximum atomic E-state index is 11.9. The topological polar surface area (TPSA) is 57.0 Å². The van der Waals surface area contributed by atoms with Gasteiger partial charge in [-0.15, -0.1) is 5.10 Å². The second-order valence-corrected chi connectivity index (χ2v) is 6.95. The van der Waals surface area contributed by atoms with Crippen LogP contribution in [0.25, 0.3) is 11.0 Å². The molecule has 0 radical (unpaired) electrons. The molecule has 2 rings (SSSR count). The maximum Gasteiger partial charge on any atom is 0.307 e. The van der Waals surface area contributed by atoms with Gasteiger partial charge in [0.1, 0.15) is 5.52 Å². The predicted octanol–water partition coefficient (Wildman–Crippen LogP) is 5.29. The highest BCUT2D eigenvalue weighted by atomic mass is 16.5. The van der Waals surface area contributed by atoms with Crippen LogP contribution in [0.2, 0.25) is 0 Å². The first-order chi connectivity index (χ1) is 12.8. The van der Waals surface area contributed by atoms with Gasteiger partial charge in [0, 0.05) is 0 Å². The van der Waals surface area contributed by atoms with Crippen LogP contribution in [0.15, 0.2) is 24.3 Å². The number of aryl methyl sites for hydroxylation is 1. The van der Waals surface area contributed by atoms with Gasteiger partial charge in [0.05, 0.1) is 25.1 Å². The number of ether oxygens (including phenoxy) is 1. The van der Waals surface area contributed by atoms with Crippen LogP contribution in [0.4, 0.5) is 0 Å². The molecule has 0 fully saturated rings. The minimum absolute atomic E-state index is 0.152. The molecule has 0 spiro atoms. The van der Waals surface area contributed by atoms with E-state index in [0.717, 1.165) is 23.9 Å². The molecule has 5 heteroatoms. The van der Waals surface area contributed by atoms with E-state index >= 15 is 0 Å². The first-order valence-corrected chi connectivity index (χ1v) is 10.2. The predicted molar refractivity (Wildman–Crippen MR) is 105 cm³/mol. The van der Waals surface area contributed by atoms with Crippen molar-refractivity contribution in [2.75, 3.05) is 6.61 Å². The second-order valence-electron chi connectivity index (χ2n) is 6.95. The number of aromatic nitrogens is 3. The minimum atomic E-state index is -0.152. The molecule has 0 aliphatic carbocycles. The molecule has 26 heavy (non-hydrogen) atoms. The van der Waals surface area contributed by atoms with Crippen molar-refractivity contribution in [1.82, 2.24) is 15.0 Å². The molecule has 0 N–H and O–H groups in total. The highest BCUT2D eigenvalue weighted by Crippen LogP contribution is 2.11. The number of esters is 1. The van der Waals surface area contributed by atoms with E-state index in [9.17, 15) is 4.79 Å².